The van der Waals surface area contributed by atoms with E-state index >= 15 is 0 Å². The number of carbonyl (C=O) groups excluding carboxylic acids is 1. The van der Waals surface area contributed by atoms with Crippen molar-refractivity contribution in [3.05, 3.63) is 81.2 Å². The summed E-state index contributed by atoms with van der Waals surface area (Å²) in [7, 11) is 0. The first kappa shape index (κ1) is 17.6. The van der Waals surface area contributed by atoms with Crippen LogP contribution in [0.3, 0.4) is 0 Å². The molecule has 0 saturated carbocycles. The topological polar surface area (TPSA) is 105 Å². The predicted octanol–water partition coefficient (Wildman–Crippen LogP) is 4.43. The van der Waals surface area contributed by atoms with Gasteiger partial charge in [-0.3, -0.25) is 14.9 Å². The number of thiophene rings is 1. The molecule has 2 N–H and O–H groups in total. The molecule has 4 aromatic rings. The largest absolute Gasteiger partial charge is 0.507 e. The molecule has 7 nitrogen and oxygen atoms in total. The summed E-state index contributed by atoms with van der Waals surface area (Å²) in [6.07, 6.45) is 1.40. The number of amides is 1. The summed E-state index contributed by atoms with van der Waals surface area (Å²) in [5.41, 5.74) is 2.91. The monoisotopic (exact) mass is 391 g/mol. The summed E-state index contributed by atoms with van der Waals surface area (Å²) in [5.74, 6) is -0.370. The Morgan fingerprint density at radius 1 is 1.11 bits per heavy atom. The van der Waals surface area contributed by atoms with Gasteiger partial charge < -0.3 is 5.11 Å². The van der Waals surface area contributed by atoms with Crippen LogP contribution in [0.5, 0.6) is 5.75 Å². The van der Waals surface area contributed by atoms with E-state index in [0.717, 1.165) is 15.5 Å². The van der Waals surface area contributed by atoms with Crippen molar-refractivity contribution < 1.29 is 14.8 Å². The van der Waals surface area contributed by atoms with Gasteiger partial charge in [0.05, 0.1) is 16.0 Å². The number of non-ortho nitro benzene ring substituents is 1. The maximum Gasteiger partial charge on any atom is 0.281 e. The number of rotatable bonds is 4. The van der Waals surface area contributed by atoms with E-state index in [1.54, 1.807) is 24.3 Å². The summed E-state index contributed by atoms with van der Waals surface area (Å²) in [6.45, 7) is 0. The van der Waals surface area contributed by atoms with Crippen LogP contribution >= 0.6 is 11.3 Å². The molecular formula is C20H13N3O4S. The van der Waals surface area contributed by atoms with Gasteiger partial charge >= 0.3 is 0 Å². The second-order valence-electron chi connectivity index (χ2n) is 6.01. The first-order chi connectivity index (χ1) is 13.5. The summed E-state index contributed by atoms with van der Waals surface area (Å²) in [4.78, 5) is 23.1. The SMILES string of the molecule is O=C(N/N=C/c1c(O)ccc2ccccc12)c1cc2cc([N+](=O)[O-])ccc2s1. The fraction of sp³-hybridized carbons (Fsp3) is 0. The molecule has 0 saturated heterocycles. The average Bonchev–Trinajstić information content (AvgIpc) is 3.13. The van der Waals surface area contributed by atoms with E-state index in [9.17, 15) is 20.0 Å². The number of fused-ring (bicyclic) bond motifs is 2. The van der Waals surface area contributed by atoms with Crippen LogP contribution in [-0.4, -0.2) is 22.2 Å². The number of nitro benzene ring substituents is 1. The number of hydrazone groups is 1. The minimum atomic E-state index is -0.474. The Kier molecular flexibility index (Phi) is 4.46. The van der Waals surface area contributed by atoms with Gasteiger partial charge in [-0.2, -0.15) is 5.10 Å². The molecule has 0 atom stereocenters. The highest BCUT2D eigenvalue weighted by Crippen LogP contribution is 2.29. The number of hydrogen-bond donors (Lipinski definition) is 2. The summed E-state index contributed by atoms with van der Waals surface area (Å²) < 4.78 is 0.770. The molecule has 28 heavy (non-hydrogen) atoms. The average molecular weight is 391 g/mol. The van der Waals surface area contributed by atoms with Crippen molar-refractivity contribution in [2.24, 2.45) is 5.10 Å². The van der Waals surface area contributed by atoms with Crippen LogP contribution in [-0.2, 0) is 0 Å². The Morgan fingerprint density at radius 3 is 2.75 bits per heavy atom. The van der Waals surface area contributed by atoms with Gasteiger partial charge in [0.2, 0.25) is 0 Å². The van der Waals surface area contributed by atoms with Gasteiger partial charge in [0.25, 0.3) is 11.6 Å². The first-order valence-electron chi connectivity index (χ1n) is 8.25. The van der Waals surface area contributed by atoms with Crippen molar-refractivity contribution in [2.75, 3.05) is 0 Å². The Labute approximate surface area is 162 Å². The molecule has 3 aromatic carbocycles. The number of hydrogen-bond acceptors (Lipinski definition) is 6. The van der Waals surface area contributed by atoms with Gasteiger partial charge in [-0.05, 0) is 29.0 Å². The standard InChI is InChI=1S/C20H13N3O4S/c24-17-7-5-12-3-1-2-4-15(12)16(17)11-21-22-20(25)19-10-13-9-14(23(26)27)6-8-18(13)28-19/h1-11,24H,(H,22,25)/b21-11+. The highest BCUT2D eigenvalue weighted by Gasteiger charge is 2.13. The second kappa shape index (κ2) is 7.09. The maximum absolute atomic E-state index is 12.4. The lowest BCUT2D eigenvalue weighted by Gasteiger charge is -2.04. The predicted molar refractivity (Wildman–Crippen MR) is 109 cm³/mol. The molecule has 0 bridgehead atoms. The van der Waals surface area contributed by atoms with Crippen molar-refractivity contribution in [3.63, 3.8) is 0 Å². The van der Waals surface area contributed by atoms with Crippen molar-refractivity contribution in [1.82, 2.24) is 5.43 Å². The normalized spacial score (nSPS) is 11.3. The van der Waals surface area contributed by atoms with Gasteiger partial charge in [-0.15, -0.1) is 11.3 Å². The van der Waals surface area contributed by atoms with Crippen LogP contribution in [0.1, 0.15) is 15.2 Å². The second-order valence-corrected chi connectivity index (χ2v) is 7.09. The van der Waals surface area contributed by atoms with Gasteiger partial charge in [0, 0.05) is 27.8 Å². The number of benzene rings is 3. The number of phenolic OH excluding ortho intramolecular Hbond substituents is 1. The van der Waals surface area contributed by atoms with Crippen molar-refractivity contribution in [3.8, 4) is 5.75 Å². The van der Waals surface area contributed by atoms with Gasteiger partial charge in [0.1, 0.15) is 5.75 Å². The Bertz CT molecular complexity index is 1260. The van der Waals surface area contributed by atoms with Gasteiger partial charge in [0.15, 0.2) is 0 Å². The lowest BCUT2D eigenvalue weighted by molar-refractivity contribution is -0.384. The number of nitrogens with zero attached hydrogens (tertiary/aromatic N) is 2. The van der Waals surface area contributed by atoms with Crippen LogP contribution in [0.2, 0.25) is 0 Å². The van der Waals surface area contributed by atoms with Crippen LogP contribution in [0.4, 0.5) is 5.69 Å². The van der Waals surface area contributed by atoms with Crippen molar-refractivity contribution in [2.45, 2.75) is 0 Å². The molecule has 8 heteroatoms. The minimum Gasteiger partial charge on any atom is -0.507 e. The van der Waals surface area contributed by atoms with Crippen LogP contribution in [0, 0.1) is 10.1 Å². The molecule has 4 rings (SSSR count). The van der Waals surface area contributed by atoms with E-state index in [0.29, 0.717) is 15.8 Å². The van der Waals surface area contributed by atoms with Gasteiger partial charge in [-0.1, -0.05) is 30.3 Å². The summed E-state index contributed by atoms with van der Waals surface area (Å²) in [5, 5.41) is 27.3. The Balaban J connectivity index is 1.57. The zero-order chi connectivity index (χ0) is 19.7. The quantitative estimate of drug-likeness (QED) is 0.305. The molecule has 0 aliphatic heterocycles. The zero-order valence-corrected chi connectivity index (χ0v) is 15.1. The molecule has 0 spiro atoms. The van der Waals surface area contributed by atoms with Crippen molar-refractivity contribution >= 4 is 50.0 Å². The van der Waals surface area contributed by atoms with E-state index < -0.39 is 10.8 Å². The van der Waals surface area contributed by atoms with E-state index in [1.807, 2.05) is 24.3 Å². The number of nitro groups is 1. The Hall–Kier alpha value is -3.78. The van der Waals surface area contributed by atoms with E-state index in [1.165, 1.54) is 29.7 Å². The molecule has 0 aliphatic carbocycles. The third-order valence-corrected chi connectivity index (χ3v) is 5.36. The molecule has 0 aliphatic rings. The third-order valence-electron chi connectivity index (χ3n) is 4.24. The fourth-order valence-corrected chi connectivity index (χ4v) is 3.82. The smallest absolute Gasteiger partial charge is 0.281 e. The molecule has 1 heterocycles. The molecule has 1 aromatic heterocycles. The van der Waals surface area contributed by atoms with E-state index in [4.69, 9.17) is 0 Å². The number of aromatic hydroxyl groups is 1. The van der Waals surface area contributed by atoms with Crippen LogP contribution in [0.25, 0.3) is 20.9 Å². The van der Waals surface area contributed by atoms with Crippen LogP contribution in [0.15, 0.2) is 65.8 Å². The third kappa shape index (κ3) is 3.28. The minimum absolute atomic E-state index is 0.0262. The molecule has 1 amide bonds. The van der Waals surface area contributed by atoms with Crippen LogP contribution < -0.4 is 5.43 Å². The summed E-state index contributed by atoms with van der Waals surface area (Å²) in [6, 6.07) is 16.9. The zero-order valence-electron chi connectivity index (χ0n) is 14.3. The highest BCUT2D eigenvalue weighted by atomic mass is 32.1. The molecular weight excluding hydrogens is 378 g/mol. The van der Waals surface area contributed by atoms with E-state index in [2.05, 4.69) is 10.5 Å². The van der Waals surface area contributed by atoms with E-state index in [-0.39, 0.29) is 11.4 Å². The number of phenols is 1. The number of carbonyl (C=O) groups is 1. The maximum atomic E-state index is 12.4. The molecule has 0 unspecified atom stereocenters. The lowest BCUT2D eigenvalue weighted by Crippen LogP contribution is -2.16. The van der Waals surface area contributed by atoms with Gasteiger partial charge in [-0.25, -0.2) is 5.43 Å². The highest BCUT2D eigenvalue weighted by molar-refractivity contribution is 7.20. The molecule has 0 fully saturated rings. The molecule has 0 radical (unpaired) electrons. The first-order valence-corrected chi connectivity index (χ1v) is 9.07. The van der Waals surface area contributed by atoms with Crippen molar-refractivity contribution in [1.29, 1.82) is 0 Å². The number of nitrogens with one attached hydrogen (secondary N) is 1. The fourth-order valence-electron chi connectivity index (χ4n) is 2.89. The molecule has 138 valence electrons. The lowest BCUT2D eigenvalue weighted by atomic mass is 10.0. The summed E-state index contributed by atoms with van der Waals surface area (Å²) >= 11 is 1.22. The Morgan fingerprint density at radius 2 is 1.93 bits per heavy atom.